The van der Waals surface area contributed by atoms with Crippen molar-refractivity contribution in [2.45, 2.75) is 90.9 Å². The molecule has 1 radical (unpaired) electrons. The lowest BCUT2D eigenvalue weighted by atomic mass is 10.0. The highest BCUT2D eigenvalue weighted by atomic mass is 14.0. The second-order valence-electron chi connectivity index (χ2n) is 6.12. The van der Waals surface area contributed by atoms with Crippen molar-refractivity contribution in [3.05, 3.63) is 35.4 Å². The second kappa shape index (κ2) is 12.0. The minimum atomic E-state index is 1.21. The fraction of sp³-hybridized carbons (Fsp3) is 0.700. The Morgan fingerprint density at radius 1 is 0.800 bits per heavy atom. The molecule has 0 saturated heterocycles. The van der Waals surface area contributed by atoms with Crippen molar-refractivity contribution in [1.82, 2.24) is 0 Å². The topological polar surface area (TPSA) is 0 Å². The summed E-state index contributed by atoms with van der Waals surface area (Å²) in [5.74, 6) is 0. The first kappa shape index (κ1) is 17.3. The molecule has 1 aromatic carbocycles. The van der Waals surface area contributed by atoms with Crippen LogP contribution in [0.25, 0.3) is 0 Å². The van der Waals surface area contributed by atoms with E-state index in [0.717, 1.165) is 0 Å². The van der Waals surface area contributed by atoms with E-state index in [4.69, 9.17) is 0 Å². The smallest absolute Gasteiger partial charge is 0.0146 e. The van der Waals surface area contributed by atoms with Gasteiger partial charge in [0.1, 0.15) is 0 Å². The number of benzene rings is 1. The predicted octanol–water partition coefficient (Wildman–Crippen LogP) is 6.65. The maximum absolute atomic E-state index is 3.37. The summed E-state index contributed by atoms with van der Waals surface area (Å²) in [5, 5.41) is 0. The lowest BCUT2D eigenvalue weighted by Crippen LogP contribution is -1.90. The average Bonchev–Trinajstić information content (AvgIpc) is 2.46. The summed E-state index contributed by atoms with van der Waals surface area (Å²) in [5.41, 5.74) is 2.82. The Labute approximate surface area is 127 Å². The van der Waals surface area contributed by atoms with Crippen LogP contribution in [0.2, 0.25) is 0 Å². The molecule has 113 valence electrons. The van der Waals surface area contributed by atoms with Crippen LogP contribution in [0.3, 0.4) is 0 Å². The van der Waals surface area contributed by atoms with Gasteiger partial charge < -0.3 is 0 Å². The lowest BCUT2D eigenvalue weighted by molar-refractivity contribution is 0.549. The van der Waals surface area contributed by atoms with E-state index < -0.39 is 0 Å². The molecule has 0 atom stereocenters. The number of hydrogen-bond donors (Lipinski definition) is 0. The minimum Gasteiger partial charge on any atom is -0.0654 e. The molecule has 0 unspecified atom stereocenters. The van der Waals surface area contributed by atoms with E-state index >= 15 is 0 Å². The SMILES string of the molecule is CCCCCCCCCCCCCc1[c]cccc1C. The minimum absolute atomic E-state index is 1.21. The van der Waals surface area contributed by atoms with Gasteiger partial charge in [-0.1, -0.05) is 89.3 Å². The largest absolute Gasteiger partial charge is 0.0654 e. The summed E-state index contributed by atoms with van der Waals surface area (Å²) >= 11 is 0. The van der Waals surface area contributed by atoms with Crippen molar-refractivity contribution >= 4 is 0 Å². The lowest BCUT2D eigenvalue weighted by Gasteiger charge is -2.05. The Hall–Kier alpha value is -0.780. The van der Waals surface area contributed by atoms with E-state index in [1.54, 1.807) is 0 Å². The van der Waals surface area contributed by atoms with Gasteiger partial charge in [0.25, 0.3) is 0 Å². The summed E-state index contributed by atoms with van der Waals surface area (Å²) in [7, 11) is 0. The van der Waals surface area contributed by atoms with Gasteiger partial charge in [-0.05, 0) is 37.0 Å². The van der Waals surface area contributed by atoms with Crippen LogP contribution in [-0.2, 0) is 6.42 Å². The predicted molar refractivity (Wildman–Crippen MR) is 90.2 cm³/mol. The van der Waals surface area contributed by atoms with Crippen LogP contribution < -0.4 is 0 Å². The zero-order valence-corrected chi connectivity index (χ0v) is 13.7. The Bertz CT molecular complexity index is 327. The van der Waals surface area contributed by atoms with Crippen molar-refractivity contribution in [2.24, 2.45) is 0 Å². The van der Waals surface area contributed by atoms with Crippen molar-refractivity contribution in [1.29, 1.82) is 0 Å². The Morgan fingerprint density at radius 2 is 1.35 bits per heavy atom. The van der Waals surface area contributed by atoms with E-state index in [0.29, 0.717) is 0 Å². The molecule has 0 saturated carbocycles. The summed E-state index contributed by atoms with van der Waals surface area (Å²) in [6, 6.07) is 9.70. The maximum Gasteiger partial charge on any atom is -0.0146 e. The van der Waals surface area contributed by atoms with Gasteiger partial charge in [0.05, 0.1) is 0 Å². The molecular weight excluding hydrogens is 240 g/mol. The van der Waals surface area contributed by atoms with Crippen molar-refractivity contribution in [2.75, 3.05) is 0 Å². The van der Waals surface area contributed by atoms with Gasteiger partial charge in [-0.15, -0.1) is 0 Å². The highest BCUT2D eigenvalue weighted by Crippen LogP contribution is 2.14. The summed E-state index contributed by atoms with van der Waals surface area (Å²) < 4.78 is 0. The third kappa shape index (κ3) is 8.40. The molecule has 0 heteroatoms. The fourth-order valence-electron chi connectivity index (χ4n) is 2.79. The quantitative estimate of drug-likeness (QED) is 0.374. The molecule has 0 aromatic heterocycles. The normalized spacial score (nSPS) is 10.9. The van der Waals surface area contributed by atoms with E-state index in [2.05, 4.69) is 32.0 Å². The van der Waals surface area contributed by atoms with Gasteiger partial charge in [0, 0.05) is 0 Å². The van der Waals surface area contributed by atoms with Crippen LogP contribution in [0.15, 0.2) is 18.2 Å². The Balaban J connectivity index is 1.87. The number of rotatable bonds is 12. The first-order valence-corrected chi connectivity index (χ1v) is 8.80. The van der Waals surface area contributed by atoms with Gasteiger partial charge in [0.15, 0.2) is 0 Å². The number of unbranched alkanes of at least 4 members (excludes halogenated alkanes) is 10. The van der Waals surface area contributed by atoms with E-state index in [1.165, 1.54) is 88.2 Å². The number of hydrogen-bond acceptors (Lipinski definition) is 0. The van der Waals surface area contributed by atoms with Crippen LogP contribution in [0.4, 0.5) is 0 Å². The molecule has 0 aliphatic heterocycles. The van der Waals surface area contributed by atoms with Crippen LogP contribution in [0.1, 0.15) is 88.7 Å². The highest BCUT2D eigenvalue weighted by molar-refractivity contribution is 5.24. The average molecular weight is 273 g/mol. The summed E-state index contributed by atoms with van der Waals surface area (Å²) in [6.07, 6.45) is 16.8. The molecule has 0 nitrogen and oxygen atoms in total. The van der Waals surface area contributed by atoms with Crippen LogP contribution in [0, 0.1) is 13.0 Å². The first-order valence-electron chi connectivity index (χ1n) is 8.80. The van der Waals surface area contributed by atoms with E-state index in [1.807, 2.05) is 6.07 Å². The molecule has 0 amide bonds. The van der Waals surface area contributed by atoms with Crippen LogP contribution in [-0.4, -0.2) is 0 Å². The van der Waals surface area contributed by atoms with Crippen LogP contribution in [0.5, 0.6) is 0 Å². The molecule has 0 N–H and O–H groups in total. The molecule has 20 heavy (non-hydrogen) atoms. The fourth-order valence-corrected chi connectivity index (χ4v) is 2.79. The molecule has 0 aliphatic rings. The van der Waals surface area contributed by atoms with Crippen LogP contribution >= 0.6 is 0 Å². The van der Waals surface area contributed by atoms with Crippen molar-refractivity contribution in [3.8, 4) is 0 Å². The van der Waals surface area contributed by atoms with Gasteiger partial charge in [-0.2, -0.15) is 0 Å². The van der Waals surface area contributed by atoms with Gasteiger partial charge in [0.2, 0.25) is 0 Å². The molecule has 1 rings (SSSR count). The maximum atomic E-state index is 3.37. The van der Waals surface area contributed by atoms with Crippen molar-refractivity contribution in [3.63, 3.8) is 0 Å². The summed E-state index contributed by atoms with van der Waals surface area (Å²) in [4.78, 5) is 0. The standard InChI is InChI=1S/C20H33/c1-3-4-5-6-7-8-9-10-11-12-13-17-20-18-15-14-16-19(20)2/h14-16H,3-13,17H2,1-2H3. The molecular formula is C20H33. The molecule has 0 heterocycles. The van der Waals surface area contributed by atoms with E-state index in [9.17, 15) is 0 Å². The van der Waals surface area contributed by atoms with E-state index in [-0.39, 0.29) is 0 Å². The molecule has 1 aromatic rings. The third-order valence-electron chi connectivity index (χ3n) is 4.21. The zero-order valence-electron chi connectivity index (χ0n) is 13.7. The first-order chi connectivity index (χ1) is 9.84. The molecule has 0 spiro atoms. The monoisotopic (exact) mass is 273 g/mol. The Kier molecular flexibility index (Phi) is 10.4. The highest BCUT2D eigenvalue weighted by Gasteiger charge is 1.97. The second-order valence-corrected chi connectivity index (χ2v) is 6.12. The Morgan fingerprint density at radius 3 is 1.90 bits per heavy atom. The van der Waals surface area contributed by atoms with Gasteiger partial charge in [-0.25, -0.2) is 0 Å². The van der Waals surface area contributed by atoms with Gasteiger partial charge >= 0.3 is 0 Å². The molecule has 0 fully saturated rings. The van der Waals surface area contributed by atoms with Crippen molar-refractivity contribution < 1.29 is 0 Å². The summed E-state index contributed by atoms with van der Waals surface area (Å²) in [6.45, 7) is 4.49. The van der Waals surface area contributed by atoms with Gasteiger partial charge in [-0.3, -0.25) is 0 Å². The number of aryl methyl sites for hydroxylation is 2. The molecule has 0 bridgehead atoms. The zero-order chi connectivity index (χ0) is 14.5. The molecule has 0 aliphatic carbocycles. The third-order valence-corrected chi connectivity index (χ3v) is 4.21.